The molecule has 0 aromatic rings. The number of carbonyl (C=O) groups is 9. The first kappa shape index (κ1) is 74.8. The third-order valence-corrected chi connectivity index (χ3v) is 15.8. The lowest BCUT2D eigenvalue weighted by atomic mass is 9.82. The van der Waals surface area contributed by atoms with Gasteiger partial charge in [-0.3, -0.25) is 33.6 Å². The minimum absolute atomic E-state index is 0. The Morgan fingerprint density at radius 2 is 0.988 bits per heavy atom. The molecular weight excluding hydrogens is 1100 g/mol. The highest BCUT2D eigenvalue weighted by Crippen LogP contribution is 2.32. The number of fused-ring (bicyclic) bond motifs is 4. The topological polar surface area (TPSA) is 311 Å². The van der Waals surface area contributed by atoms with Crippen LogP contribution in [-0.2, 0) is 43.0 Å². The van der Waals surface area contributed by atoms with E-state index in [2.05, 4.69) is 26.4 Å². The van der Waals surface area contributed by atoms with Crippen molar-refractivity contribution in [1.29, 1.82) is 0 Å². The molecule has 4 amide bonds. The Kier molecular flexibility index (Phi) is 30.8. The number of likely N-dealkylation sites (N-methyl/N-ethyl adjacent to an activating group) is 2. The molecule has 4 rings (SSSR count). The van der Waals surface area contributed by atoms with Crippen LogP contribution in [0.25, 0.3) is 0 Å². The number of nitrogens with zero attached hydrogens (tertiary/aromatic N) is 3. The molecule has 0 unspecified atom stereocenters. The number of allylic oxidation sites excluding steroid dienone is 8. The van der Waals surface area contributed by atoms with Crippen molar-refractivity contribution in [3.8, 4) is 0 Å². The van der Waals surface area contributed by atoms with Crippen LogP contribution in [0.4, 0.5) is 9.59 Å². The van der Waals surface area contributed by atoms with E-state index in [-0.39, 0.29) is 102 Å². The number of rotatable bonds is 10. The van der Waals surface area contributed by atoms with Crippen molar-refractivity contribution < 1.29 is 57.8 Å². The summed E-state index contributed by atoms with van der Waals surface area (Å²) in [5.74, 6) is -4.12. The zero-order valence-electron chi connectivity index (χ0n) is 53.2. The lowest BCUT2D eigenvalue weighted by Crippen LogP contribution is -2.37. The largest absolute Gasteiger partial charge is 0.442 e. The maximum Gasteiger partial charge on any atom is 0.405 e. The number of ketones is 5. The van der Waals surface area contributed by atoms with Gasteiger partial charge in [-0.1, -0.05) is 92.3 Å². The lowest BCUT2D eigenvalue weighted by Gasteiger charge is -2.26. The van der Waals surface area contributed by atoms with Crippen LogP contribution in [-0.4, -0.2) is 140 Å². The van der Waals surface area contributed by atoms with E-state index < -0.39 is 53.7 Å². The fourth-order valence-corrected chi connectivity index (χ4v) is 11.3. The number of nitrogens with two attached hydrogens (primary N) is 2. The fourth-order valence-electron chi connectivity index (χ4n) is 11.3. The first-order valence-electron chi connectivity index (χ1n) is 29.6. The summed E-state index contributed by atoms with van der Waals surface area (Å²) in [6, 6.07) is 0. The molecule has 0 radical (unpaired) electrons. The van der Waals surface area contributed by atoms with Crippen molar-refractivity contribution in [3.05, 3.63) is 92.7 Å². The Balaban J connectivity index is 0.000000580. The van der Waals surface area contributed by atoms with E-state index in [1.807, 2.05) is 119 Å². The predicted octanol–water partition coefficient (Wildman–Crippen LogP) is 8.07. The van der Waals surface area contributed by atoms with Crippen molar-refractivity contribution in [2.45, 2.75) is 154 Å². The van der Waals surface area contributed by atoms with E-state index in [4.69, 9.17) is 20.9 Å². The van der Waals surface area contributed by atoms with Crippen LogP contribution >= 0.6 is 0 Å². The molecule has 0 aromatic heterocycles. The molecule has 0 spiro atoms. The van der Waals surface area contributed by atoms with Crippen molar-refractivity contribution in [2.24, 2.45) is 64.0 Å². The van der Waals surface area contributed by atoms with Crippen LogP contribution in [0.15, 0.2) is 97.8 Å². The number of Topliss-reactive ketones (excluding diaryl/α,β-unsaturated/α-hetero) is 3. The number of hydrogen-bond donors (Lipinski definition) is 7. The van der Waals surface area contributed by atoms with Crippen molar-refractivity contribution in [2.75, 3.05) is 54.4 Å². The first-order chi connectivity index (χ1) is 39.8. The maximum atomic E-state index is 13.7. The summed E-state index contributed by atoms with van der Waals surface area (Å²) in [6.45, 7) is 24.5. The Morgan fingerprint density at radius 3 is 1.35 bits per heavy atom. The number of oxime groups is 1. The predicted molar refractivity (Wildman–Crippen MR) is 335 cm³/mol. The number of nitrogens with one attached hydrogen (secondary N) is 4. The summed E-state index contributed by atoms with van der Waals surface area (Å²) in [7, 11) is 7.67. The molecule has 2 aliphatic heterocycles. The van der Waals surface area contributed by atoms with E-state index in [9.17, 15) is 48.4 Å². The monoisotopic (exact) mass is 1200 g/mol. The van der Waals surface area contributed by atoms with E-state index in [0.29, 0.717) is 92.7 Å². The Morgan fingerprint density at radius 1 is 0.616 bits per heavy atom. The highest BCUT2D eigenvalue weighted by molar-refractivity contribution is 6.24. The summed E-state index contributed by atoms with van der Waals surface area (Å²) in [5.41, 5.74) is 14.6. The van der Waals surface area contributed by atoms with Gasteiger partial charge in [-0.2, -0.15) is 0 Å². The molecule has 0 fully saturated rings. The molecular formula is C65H101N9O12. The standard InChI is InChI=1S/C32H49N5O6.C32H48N4O6.CH4/c1-18-14-21(4)27(36-42)22(5)16-23(6)30(43-32(33)41)19(2)10-9-11-20(3)31(40)35-25-17-26(38)28(24(15-18)29(25)39)34-12-13-37(7)8;1-18-14-21(4)28(38)22(5)16-23(6)30(42-32(33)41)19(2)10-9-11-20(3)31(40)35-25-17-26(37)27(24(15-18)29(25)39)34-12-13-36(7)8;/h11,16-19,21-22,30,34,42H,9-10,12-15H2,1-8H3,(H2,33,41)(H,35,40);11,16-19,21-22,30,34H,9-10,12-15H2,1-8H3,(H2,33,41)(H,35,40);1H4/b20-11+,23-16+,36-27-;20-11+,23-16+;/t2*18-,19-,21-,22-,30+;/m00./s1. The third kappa shape index (κ3) is 22.9. The summed E-state index contributed by atoms with van der Waals surface area (Å²) in [6.07, 6.45) is 10.4. The highest BCUT2D eigenvalue weighted by atomic mass is 16.6. The molecule has 21 nitrogen and oxygen atoms in total. The summed E-state index contributed by atoms with van der Waals surface area (Å²) in [4.78, 5) is 120. The van der Waals surface area contributed by atoms with E-state index in [1.54, 1.807) is 26.0 Å². The van der Waals surface area contributed by atoms with Gasteiger partial charge in [-0.05, 0) is 148 Å². The van der Waals surface area contributed by atoms with Gasteiger partial charge in [0.1, 0.15) is 18.0 Å². The molecule has 2 aliphatic carbocycles. The van der Waals surface area contributed by atoms with Crippen LogP contribution in [0.5, 0.6) is 0 Å². The molecule has 9 N–H and O–H groups in total. The summed E-state index contributed by atoms with van der Waals surface area (Å²) >= 11 is 0. The maximum absolute atomic E-state index is 13.7. The summed E-state index contributed by atoms with van der Waals surface area (Å²) in [5, 5.41) is 25.2. The van der Waals surface area contributed by atoms with Gasteiger partial charge < -0.3 is 57.2 Å². The molecule has 0 aromatic carbocycles. The van der Waals surface area contributed by atoms with Gasteiger partial charge in [0.2, 0.25) is 23.1 Å². The van der Waals surface area contributed by atoms with Gasteiger partial charge >= 0.3 is 12.2 Å². The molecule has 86 heavy (non-hydrogen) atoms. The molecule has 10 atom stereocenters. The SMILES string of the molecule is C.C/C1=C\CC[C@H](C)[C@@H](OC(N)=O)/C(C)=C/[C@H](C)/C(=N\O)[C@@H](C)C[C@H](C)CC2=C(NCCN(C)C)C(=O)C=C(NC1=O)C2=O.C/C1=C\CC[C@H](C)[C@@H](OC(N)=O)/C(C)=C/[C@H](C)C(=O)[C@@H](C)C[C@H](C)CC2=C(NCCN(C)C)C(=O)C=C(NC1=O)C2=O. The van der Waals surface area contributed by atoms with Crippen LogP contribution < -0.4 is 32.7 Å². The molecule has 4 bridgehead atoms. The van der Waals surface area contributed by atoms with Crippen molar-refractivity contribution >= 4 is 58.6 Å². The summed E-state index contributed by atoms with van der Waals surface area (Å²) < 4.78 is 10.9. The molecule has 4 aliphatic rings. The zero-order chi connectivity index (χ0) is 64.2. The highest BCUT2D eigenvalue weighted by Gasteiger charge is 2.35. The van der Waals surface area contributed by atoms with Crippen molar-refractivity contribution in [1.82, 2.24) is 31.1 Å². The number of ether oxygens (including phenoxy) is 2. The molecule has 21 heteroatoms. The zero-order valence-corrected chi connectivity index (χ0v) is 53.2. The molecule has 0 saturated carbocycles. The third-order valence-electron chi connectivity index (χ3n) is 15.8. The minimum atomic E-state index is -0.895. The average molecular weight is 1200 g/mol. The van der Waals surface area contributed by atoms with E-state index >= 15 is 0 Å². The van der Waals surface area contributed by atoms with Crippen molar-refractivity contribution in [3.63, 3.8) is 0 Å². The normalized spacial score (nSPS) is 29.7. The second-order valence-electron chi connectivity index (χ2n) is 24.4. The first-order valence-corrected chi connectivity index (χ1v) is 29.6. The minimum Gasteiger partial charge on any atom is -0.442 e. The van der Waals surface area contributed by atoms with Gasteiger partial charge in [0.15, 0.2) is 0 Å². The molecule has 0 saturated heterocycles. The van der Waals surface area contributed by atoms with Gasteiger partial charge in [0.25, 0.3) is 11.8 Å². The van der Waals surface area contributed by atoms with E-state index in [1.165, 1.54) is 12.2 Å². The Labute approximate surface area is 510 Å². The van der Waals surface area contributed by atoms with Gasteiger partial charge in [0, 0.05) is 78.4 Å². The fraction of sp³-hybridized carbons (Fsp3) is 0.600. The smallest absolute Gasteiger partial charge is 0.405 e. The number of hydrogen-bond acceptors (Lipinski definition) is 17. The van der Waals surface area contributed by atoms with Gasteiger partial charge in [-0.15, -0.1) is 0 Å². The number of amides is 4. The van der Waals surface area contributed by atoms with Gasteiger partial charge in [-0.25, -0.2) is 9.59 Å². The molecule has 478 valence electrons. The quantitative estimate of drug-likeness (QED) is 0.0470. The lowest BCUT2D eigenvalue weighted by molar-refractivity contribution is -0.125. The van der Waals surface area contributed by atoms with Crippen LogP contribution in [0.1, 0.15) is 142 Å². The number of primary amides is 2. The van der Waals surface area contributed by atoms with Gasteiger partial charge in [0.05, 0.1) is 28.5 Å². The second kappa shape index (κ2) is 35.4. The van der Waals surface area contributed by atoms with Crippen LogP contribution in [0, 0.1) is 47.3 Å². The van der Waals surface area contributed by atoms with Crippen LogP contribution in [0.3, 0.4) is 0 Å². The number of carbonyl (C=O) groups excluding carboxylic acids is 9. The molecule has 2 heterocycles. The van der Waals surface area contributed by atoms with E-state index in [0.717, 1.165) is 11.1 Å². The Bertz CT molecular complexity index is 2800. The average Bonchev–Trinajstić information content (AvgIpc) is 1.16. The Hall–Kier alpha value is -7.26. The second-order valence-corrected chi connectivity index (χ2v) is 24.4. The van der Waals surface area contributed by atoms with Crippen LogP contribution in [0.2, 0.25) is 0 Å².